The van der Waals surface area contributed by atoms with Crippen molar-refractivity contribution in [2.24, 2.45) is 0 Å². The van der Waals surface area contributed by atoms with Gasteiger partial charge in [-0.3, -0.25) is 25.2 Å². The number of benzene rings is 2. The van der Waals surface area contributed by atoms with E-state index in [1.54, 1.807) is 24.3 Å². The lowest BCUT2D eigenvalue weighted by Gasteiger charge is -2.19. The summed E-state index contributed by atoms with van der Waals surface area (Å²) < 4.78 is 6.97. The van der Waals surface area contributed by atoms with Gasteiger partial charge >= 0.3 is 0 Å². The lowest BCUT2D eigenvalue weighted by atomic mass is 9.87. The van der Waals surface area contributed by atoms with Crippen LogP contribution in [-0.4, -0.2) is 28.2 Å². The zero-order valence-electron chi connectivity index (χ0n) is 20.3. The molecule has 8 nitrogen and oxygen atoms in total. The third kappa shape index (κ3) is 6.01. The number of fused-ring (bicyclic) bond motifs is 1. The monoisotopic (exact) mass is 464 g/mol. The Hall–Kier alpha value is -3.68. The second-order valence-electron chi connectivity index (χ2n) is 9.47. The van der Waals surface area contributed by atoms with Crippen molar-refractivity contribution < 1.29 is 14.3 Å². The molecule has 0 fully saturated rings. The predicted molar refractivity (Wildman–Crippen MR) is 132 cm³/mol. The Morgan fingerprint density at radius 1 is 1.00 bits per heavy atom. The van der Waals surface area contributed by atoms with Gasteiger partial charge in [0.15, 0.2) is 5.69 Å². The molecule has 8 heteroatoms. The van der Waals surface area contributed by atoms with Crippen LogP contribution in [0, 0.1) is 0 Å². The van der Waals surface area contributed by atoms with Crippen molar-refractivity contribution >= 4 is 22.6 Å². The highest BCUT2D eigenvalue weighted by molar-refractivity contribution is 6.05. The SMILES string of the molecule is CC(C)n1nc(C(=O)NNC(=O)CCCOc2ccc(C(C)(C)C)cc2)c2ccccc2c1=O. The van der Waals surface area contributed by atoms with Gasteiger partial charge in [0, 0.05) is 11.8 Å². The van der Waals surface area contributed by atoms with Crippen molar-refractivity contribution in [2.75, 3.05) is 6.61 Å². The van der Waals surface area contributed by atoms with Crippen LogP contribution in [0.1, 0.15) is 69.6 Å². The van der Waals surface area contributed by atoms with Gasteiger partial charge < -0.3 is 4.74 Å². The number of nitrogens with zero attached hydrogens (tertiary/aromatic N) is 2. The predicted octanol–water partition coefficient (Wildman–Crippen LogP) is 3.90. The second kappa shape index (κ2) is 10.5. The standard InChI is InChI=1S/C26H32N4O4/c1-17(2)30-25(33)21-10-7-6-9-20(21)23(29-30)24(32)28-27-22(31)11-8-16-34-19-14-12-18(13-15-19)26(3,4)5/h6-7,9-10,12-15,17H,8,11,16H2,1-5H3,(H,27,31)(H,28,32). The molecule has 0 spiro atoms. The Kier molecular flexibility index (Phi) is 7.71. The fourth-order valence-corrected chi connectivity index (χ4v) is 3.45. The first-order chi connectivity index (χ1) is 16.1. The van der Waals surface area contributed by atoms with E-state index >= 15 is 0 Å². The molecule has 3 rings (SSSR count). The van der Waals surface area contributed by atoms with E-state index in [0.717, 1.165) is 5.75 Å². The number of aromatic nitrogens is 2. The Morgan fingerprint density at radius 2 is 1.65 bits per heavy atom. The maximum absolute atomic E-state index is 12.7. The largest absolute Gasteiger partial charge is 0.494 e. The quantitative estimate of drug-likeness (QED) is 0.408. The molecule has 0 aliphatic rings. The van der Waals surface area contributed by atoms with Crippen molar-refractivity contribution in [1.82, 2.24) is 20.6 Å². The van der Waals surface area contributed by atoms with E-state index in [2.05, 4.69) is 36.7 Å². The molecule has 34 heavy (non-hydrogen) atoms. The van der Waals surface area contributed by atoms with E-state index in [4.69, 9.17) is 4.74 Å². The fraction of sp³-hybridized carbons (Fsp3) is 0.385. The van der Waals surface area contributed by atoms with Crippen molar-refractivity contribution in [1.29, 1.82) is 0 Å². The smallest absolute Gasteiger partial charge is 0.290 e. The Labute approximate surface area is 199 Å². The average molecular weight is 465 g/mol. The molecule has 0 unspecified atom stereocenters. The number of hydrazine groups is 1. The van der Waals surface area contributed by atoms with Crippen molar-refractivity contribution in [2.45, 2.75) is 58.9 Å². The van der Waals surface area contributed by atoms with Gasteiger partial charge in [-0.05, 0) is 49.4 Å². The molecule has 0 saturated heterocycles. The number of amides is 2. The molecular formula is C26H32N4O4. The Morgan fingerprint density at radius 3 is 2.26 bits per heavy atom. The van der Waals surface area contributed by atoms with Crippen LogP contribution in [-0.2, 0) is 10.2 Å². The highest BCUT2D eigenvalue weighted by Crippen LogP contribution is 2.24. The number of carbonyl (C=O) groups excluding carboxylic acids is 2. The first kappa shape index (κ1) is 25.0. The van der Waals surface area contributed by atoms with Gasteiger partial charge in [0.2, 0.25) is 5.91 Å². The van der Waals surface area contributed by atoms with Crippen LogP contribution in [0.15, 0.2) is 53.3 Å². The topological polar surface area (TPSA) is 102 Å². The van der Waals surface area contributed by atoms with E-state index in [0.29, 0.717) is 23.8 Å². The molecule has 0 atom stereocenters. The minimum absolute atomic E-state index is 0.0752. The van der Waals surface area contributed by atoms with Gasteiger partial charge in [0.25, 0.3) is 11.5 Å². The zero-order chi connectivity index (χ0) is 24.9. The third-order valence-corrected chi connectivity index (χ3v) is 5.39. The Bertz CT molecular complexity index is 1220. The summed E-state index contributed by atoms with van der Waals surface area (Å²) in [6, 6.07) is 14.5. The van der Waals surface area contributed by atoms with Crippen LogP contribution in [0.4, 0.5) is 0 Å². The van der Waals surface area contributed by atoms with E-state index in [-0.39, 0.29) is 35.0 Å². The summed E-state index contributed by atoms with van der Waals surface area (Å²) in [6.45, 7) is 10.5. The first-order valence-electron chi connectivity index (χ1n) is 11.4. The van der Waals surface area contributed by atoms with Gasteiger partial charge in [-0.1, -0.05) is 51.1 Å². The number of hydrogen-bond acceptors (Lipinski definition) is 5. The van der Waals surface area contributed by atoms with E-state index in [9.17, 15) is 14.4 Å². The second-order valence-corrected chi connectivity index (χ2v) is 9.47. The highest BCUT2D eigenvalue weighted by atomic mass is 16.5. The number of rotatable bonds is 7. The first-order valence-corrected chi connectivity index (χ1v) is 11.4. The maximum atomic E-state index is 12.7. The van der Waals surface area contributed by atoms with Crippen LogP contribution in [0.25, 0.3) is 10.8 Å². The lowest BCUT2D eigenvalue weighted by molar-refractivity contribution is -0.122. The summed E-state index contributed by atoms with van der Waals surface area (Å²) in [5.74, 6) is -0.185. The summed E-state index contributed by atoms with van der Waals surface area (Å²) in [6.07, 6.45) is 0.669. The third-order valence-electron chi connectivity index (χ3n) is 5.39. The van der Waals surface area contributed by atoms with Crippen molar-refractivity contribution in [3.8, 4) is 5.75 Å². The van der Waals surface area contributed by atoms with Crippen LogP contribution < -0.4 is 21.1 Å². The van der Waals surface area contributed by atoms with Gasteiger partial charge in [0.05, 0.1) is 18.0 Å². The van der Waals surface area contributed by atoms with E-state index < -0.39 is 5.91 Å². The van der Waals surface area contributed by atoms with Crippen LogP contribution in [0.2, 0.25) is 0 Å². The molecule has 180 valence electrons. The van der Waals surface area contributed by atoms with E-state index in [1.165, 1.54) is 10.2 Å². The van der Waals surface area contributed by atoms with Gasteiger partial charge in [-0.25, -0.2) is 4.68 Å². The summed E-state index contributed by atoms with van der Waals surface area (Å²) in [7, 11) is 0. The van der Waals surface area contributed by atoms with Crippen LogP contribution in [0.5, 0.6) is 5.75 Å². The molecular weight excluding hydrogens is 432 g/mol. The molecule has 2 N–H and O–H groups in total. The van der Waals surface area contributed by atoms with Crippen molar-refractivity contribution in [3.63, 3.8) is 0 Å². The number of carbonyl (C=O) groups is 2. The number of hydrogen-bond donors (Lipinski definition) is 2. The summed E-state index contributed by atoms with van der Waals surface area (Å²) in [5, 5.41) is 5.06. The zero-order valence-corrected chi connectivity index (χ0v) is 20.3. The summed E-state index contributed by atoms with van der Waals surface area (Å²) in [5.41, 5.74) is 5.92. The average Bonchev–Trinajstić information content (AvgIpc) is 2.80. The molecule has 2 amide bonds. The molecule has 0 saturated carbocycles. The Balaban J connectivity index is 1.53. The van der Waals surface area contributed by atoms with Gasteiger partial charge in [-0.2, -0.15) is 5.10 Å². The van der Waals surface area contributed by atoms with E-state index in [1.807, 2.05) is 38.1 Å². The molecule has 1 heterocycles. The lowest BCUT2D eigenvalue weighted by Crippen LogP contribution is -2.43. The van der Waals surface area contributed by atoms with Crippen LogP contribution in [0.3, 0.4) is 0 Å². The molecule has 3 aromatic rings. The minimum atomic E-state index is -0.589. The van der Waals surface area contributed by atoms with Crippen molar-refractivity contribution in [3.05, 3.63) is 70.1 Å². The molecule has 2 aromatic carbocycles. The molecule has 0 aliphatic carbocycles. The highest BCUT2D eigenvalue weighted by Gasteiger charge is 2.18. The maximum Gasteiger partial charge on any atom is 0.290 e. The molecule has 0 aliphatic heterocycles. The fourth-order valence-electron chi connectivity index (χ4n) is 3.45. The number of nitrogens with one attached hydrogen (secondary N) is 2. The molecule has 0 bridgehead atoms. The minimum Gasteiger partial charge on any atom is -0.494 e. The van der Waals surface area contributed by atoms with Gasteiger partial charge in [-0.15, -0.1) is 0 Å². The summed E-state index contributed by atoms with van der Waals surface area (Å²) in [4.78, 5) is 37.5. The molecule has 1 aromatic heterocycles. The normalized spacial score (nSPS) is 11.5. The summed E-state index contributed by atoms with van der Waals surface area (Å²) >= 11 is 0. The van der Waals surface area contributed by atoms with Crippen LogP contribution >= 0.6 is 0 Å². The molecule has 0 radical (unpaired) electrons. The number of ether oxygens (including phenoxy) is 1. The van der Waals surface area contributed by atoms with Gasteiger partial charge in [0.1, 0.15) is 5.75 Å².